The van der Waals surface area contributed by atoms with Crippen molar-refractivity contribution < 1.29 is 14.3 Å². The molecule has 140 valence electrons. The Morgan fingerprint density at radius 1 is 0.962 bits per heavy atom. The molecule has 0 unspecified atom stereocenters. The second-order valence-corrected chi connectivity index (χ2v) is 6.88. The second kappa shape index (κ2) is 9.13. The van der Waals surface area contributed by atoms with Crippen LogP contribution >= 0.6 is 0 Å². The van der Waals surface area contributed by atoms with Crippen LogP contribution in [-0.4, -0.2) is 32.8 Å². The van der Waals surface area contributed by atoms with E-state index >= 15 is 0 Å². The van der Waals surface area contributed by atoms with Gasteiger partial charge in [0, 0.05) is 12.0 Å². The second-order valence-electron chi connectivity index (χ2n) is 6.88. The van der Waals surface area contributed by atoms with Crippen molar-refractivity contribution in [3.05, 3.63) is 59.7 Å². The van der Waals surface area contributed by atoms with E-state index in [1.165, 1.54) is 11.1 Å². The van der Waals surface area contributed by atoms with Gasteiger partial charge >= 0.3 is 6.03 Å². The fourth-order valence-electron chi connectivity index (χ4n) is 2.48. The average molecular weight is 356 g/mol. The fraction of sp³-hybridized carbons (Fsp3) is 0.381. The van der Waals surface area contributed by atoms with Crippen LogP contribution in [0, 0.1) is 6.92 Å². The molecule has 0 fully saturated rings. The third-order valence-electron chi connectivity index (χ3n) is 4.24. The number of carbonyl (C=O) groups excluding carboxylic acids is 1. The molecule has 5 nitrogen and oxygen atoms in total. The molecule has 2 N–H and O–H groups in total. The molecule has 2 rings (SSSR count). The SMILES string of the molecule is COc1ccc(OCCNC(=O)NCC(C)(C)c2ccc(C)cc2)cc1. The number of hydrogen-bond acceptors (Lipinski definition) is 3. The highest BCUT2D eigenvalue weighted by Crippen LogP contribution is 2.22. The van der Waals surface area contributed by atoms with Crippen molar-refractivity contribution in [2.24, 2.45) is 0 Å². The molecular formula is C21H28N2O3. The molecule has 0 saturated carbocycles. The molecule has 26 heavy (non-hydrogen) atoms. The van der Waals surface area contributed by atoms with Crippen molar-refractivity contribution in [2.75, 3.05) is 26.8 Å². The van der Waals surface area contributed by atoms with Gasteiger partial charge in [0.1, 0.15) is 18.1 Å². The maximum atomic E-state index is 12.0. The lowest BCUT2D eigenvalue weighted by Crippen LogP contribution is -2.43. The monoisotopic (exact) mass is 356 g/mol. The molecule has 0 aromatic heterocycles. The van der Waals surface area contributed by atoms with Crippen LogP contribution in [0.5, 0.6) is 11.5 Å². The first kappa shape index (κ1) is 19.6. The summed E-state index contributed by atoms with van der Waals surface area (Å²) in [5, 5.41) is 5.74. The Bertz CT molecular complexity index is 694. The Labute approximate surface area is 155 Å². The van der Waals surface area contributed by atoms with E-state index < -0.39 is 0 Å². The number of urea groups is 1. The fourth-order valence-corrected chi connectivity index (χ4v) is 2.48. The molecule has 0 aliphatic heterocycles. The average Bonchev–Trinajstić information content (AvgIpc) is 2.64. The van der Waals surface area contributed by atoms with Crippen LogP contribution in [0.25, 0.3) is 0 Å². The summed E-state index contributed by atoms with van der Waals surface area (Å²) < 4.78 is 10.7. The third-order valence-corrected chi connectivity index (χ3v) is 4.24. The third kappa shape index (κ3) is 5.99. The van der Waals surface area contributed by atoms with E-state index in [2.05, 4.69) is 55.7 Å². The van der Waals surface area contributed by atoms with E-state index in [4.69, 9.17) is 9.47 Å². The Morgan fingerprint density at radius 2 is 1.58 bits per heavy atom. The number of methoxy groups -OCH3 is 1. The summed E-state index contributed by atoms with van der Waals surface area (Å²) in [6, 6.07) is 15.6. The van der Waals surface area contributed by atoms with E-state index in [-0.39, 0.29) is 11.4 Å². The van der Waals surface area contributed by atoms with Gasteiger partial charge < -0.3 is 20.1 Å². The van der Waals surface area contributed by atoms with Gasteiger partial charge in [-0.1, -0.05) is 43.7 Å². The van der Waals surface area contributed by atoms with E-state index in [0.717, 1.165) is 11.5 Å². The van der Waals surface area contributed by atoms with Gasteiger partial charge in [0.05, 0.1) is 13.7 Å². The van der Waals surface area contributed by atoms with Gasteiger partial charge in [0.15, 0.2) is 0 Å². The number of rotatable bonds is 8. The molecule has 0 atom stereocenters. The minimum atomic E-state index is -0.191. The van der Waals surface area contributed by atoms with Crippen molar-refractivity contribution >= 4 is 6.03 Å². The lowest BCUT2D eigenvalue weighted by atomic mass is 9.84. The predicted molar refractivity (Wildman–Crippen MR) is 104 cm³/mol. The summed E-state index contributed by atoms with van der Waals surface area (Å²) in [6.45, 7) is 7.69. The molecule has 0 radical (unpaired) electrons. The smallest absolute Gasteiger partial charge is 0.314 e. The number of nitrogens with one attached hydrogen (secondary N) is 2. The summed E-state index contributed by atoms with van der Waals surface area (Å²) >= 11 is 0. The quantitative estimate of drug-likeness (QED) is 0.710. The Balaban J connectivity index is 1.68. The van der Waals surface area contributed by atoms with Crippen molar-refractivity contribution in [1.82, 2.24) is 10.6 Å². The highest BCUT2D eigenvalue weighted by Gasteiger charge is 2.21. The van der Waals surface area contributed by atoms with E-state index in [9.17, 15) is 4.79 Å². The molecule has 0 spiro atoms. The lowest BCUT2D eigenvalue weighted by molar-refractivity contribution is 0.234. The molecule has 2 aromatic rings. The zero-order chi connectivity index (χ0) is 19.0. The molecule has 5 heteroatoms. The highest BCUT2D eigenvalue weighted by atomic mass is 16.5. The molecule has 0 heterocycles. The number of benzene rings is 2. The number of amides is 2. The predicted octanol–water partition coefficient (Wildman–Crippen LogP) is 3.66. The number of hydrogen-bond donors (Lipinski definition) is 2. The molecule has 0 aliphatic carbocycles. The van der Waals surface area contributed by atoms with Gasteiger partial charge in [-0.2, -0.15) is 0 Å². The van der Waals surface area contributed by atoms with Crippen LogP contribution in [0.2, 0.25) is 0 Å². The van der Waals surface area contributed by atoms with Crippen LogP contribution < -0.4 is 20.1 Å². The molecule has 2 amide bonds. The first-order chi connectivity index (χ1) is 12.4. The largest absolute Gasteiger partial charge is 0.497 e. The topological polar surface area (TPSA) is 59.6 Å². The van der Waals surface area contributed by atoms with E-state index in [1.54, 1.807) is 7.11 Å². The highest BCUT2D eigenvalue weighted by molar-refractivity contribution is 5.73. The van der Waals surface area contributed by atoms with E-state index in [1.807, 2.05) is 24.3 Å². The van der Waals surface area contributed by atoms with Gasteiger partial charge in [-0.15, -0.1) is 0 Å². The van der Waals surface area contributed by atoms with Crippen molar-refractivity contribution in [2.45, 2.75) is 26.2 Å². The summed E-state index contributed by atoms with van der Waals surface area (Å²) in [5.41, 5.74) is 2.29. The maximum absolute atomic E-state index is 12.0. The van der Waals surface area contributed by atoms with Gasteiger partial charge in [-0.05, 0) is 36.8 Å². The molecule has 0 bridgehead atoms. The van der Waals surface area contributed by atoms with Crippen LogP contribution in [0.15, 0.2) is 48.5 Å². The Hall–Kier alpha value is -2.69. The summed E-state index contributed by atoms with van der Waals surface area (Å²) in [7, 11) is 1.62. The minimum absolute atomic E-state index is 0.134. The number of ether oxygens (including phenoxy) is 2. The summed E-state index contributed by atoms with van der Waals surface area (Å²) in [5.74, 6) is 1.53. The molecular weight excluding hydrogens is 328 g/mol. The van der Waals surface area contributed by atoms with Gasteiger partial charge in [-0.25, -0.2) is 4.79 Å². The lowest BCUT2D eigenvalue weighted by Gasteiger charge is -2.26. The van der Waals surface area contributed by atoms with Crippen LogP contribution in [0.3, 0.4) is 0 Å². The van der Waals surface area contributed by atoms with Crippen molar-refractivity contribution in [3.8, 4) is 11.5 Å². The van der Waals surface area contributed by atoms with Crippen molar-refractivity contribution in [1.29, 1.82) is 0 Å². The molecule has 0 saturated heterocycles. The standard InChI is InChI=1S/C21H28N2O3/c1-16-5-7-17(8-6-16)21(2,3)15-23-20(24)22-13-14-26-19-11-9-18(25-4)10-12-19/h5-12H,13-15H2,1-4H3,(H2,22,23,24). The summed E-state index contributed by atoms with van der Waals surface area (Å²) in [6.07, 6.45) is 0. The normalized spacial score (nSPS) is 10.9. The minimum Gasteiger partial charge on any atom is -0.497 e. The van der Waals surface area contributed by atoms with Gasteiger partial charge in [-0.3, -0.25) is 0 Å². The van der Waals surface area contributed by atoms with Crippen molar-refractivity contribution in [3.63, 3.8) is 0 Å². The number of carbonyl (C=O) groups is 1. The van der Waals surface area contributed by atoms with Crippen LogP contribution in [-0.2, 0) is 5.41 Å². The first-order valence-corrected chi connectivity index (χ1v) is 8.76. The van der Waals surface area contributed by atoms with E-state index in [0.29, 0.717) is 19.7 Å². The first-order valence-electron chi connectivity index (χ1n) is 8.76. The zero-order valence-electron chi connectivity index (χ0n) is 16.0. The summed E-state index contributed by atoms with van der Waals surface area (Å²) in [4.78, 5) is 12.0. The maximum Gasteiger partial charge on any atom is 0.314 e. The van der Waals surface area contributed by atoms with Gasteiger partial charge in [0.25, 0.3) is 0 Å². The zero-order valence-corrected chi connectivity index (χ0v) is 16.0. The molecule has 0 aliphatic rings. The molecule has 2 aromatic carbocycles. The Morgan fingerprint density at radius 3 is 2.19 bits per heavy atom. The number of aryl methyl sites for hydroxylation is 1. The van der Waals surface area contributed by atoms with Gasteiger partial charge in [0.2, 0.25) is 0 Å². The Kier molecular flexibility index (Phi) is 6.89. The van der Waals surface area contributed by atoms with Crippen LogP contribution in [0.4, 0.5) is 4.79 Å². The van der Waals surface area contributed by atoms with Crippen LogP contribution in [0.1, 0.15) is 25.0 Å².